The van der Waals surface area contributed by atoms with Crippen molar-refractivity contribution in [2.75, 3.05) is 25.3 Å². The molecule has 2 aromatic carbocycles. The SMILES string of the molecule is CCSc1nnc(NC(=O)/C=C(\C)c2cc3c(-c4ccccc4OC)coc3c(C)c2OC)s1. The summed E-state index contributed by atoms with van der Waals surface area (Å²) < 4.78 is 18.0. The maximum absolute atomic E-state index is 12.7. The Morgan fingerprint density at radius 1 is 1.21 bits per heavy atom. The summed E-state index contributed by atoms with van der Waals surface area (Å²) in [6.45, 7) is 5.87. The molecule has 0 atom stereocenters. The minimum Gasteiger partial charge on any atom is -0.496 e. The molecule has 1 N–H and O–H groups in total. The first-order chi connectivity index (χ1) is 16.5. The van der Waals surface area contributed by atoms with Crippen LogP contribution in [0.5, 0.6) is 11.5 Å². The van der Waals surface area contributed by atoms with Gasteiger partial charge in [-0.1, -0.05) is 48.2 Å². The molecule has 4 aromatic rings. The van der Waals surface area contributed by atoms with E-state index in [4.69, 9.17) is 13.9 Å². The Bertz CT molecular complexity index is 1370. The molecule has 7 nitrogen and oxygen atoms in total. The fraction of sp³-hybridized carbons (Fsp3) is 0.240. The fourth-order valence-electron chi connectivity index (χ4n) is 3.81. The van der Waals surface area contributed by atoms with Crippen LogP contribution < -0.4 is 14.8 Å². The zero-order chi connectivity index (χ0) is 24.2. The van der Waals surface area contributed by atoms with Gasteiger partial charge in [0.2, 0.25) is 11.0 Å². The molecule has 0 fully saturated rings. The first-order valence-electron chi connectivity index (χ1n) is 10.6. The molecule has 9 heteroatoms. The van der Waals surface area contributed by atoms with E-state index in [-0.39, 0.29) is 5.91 Å². The lowest BCUT2D eigenvalue weighted by Gasteiger charge is -2.13. The van der Waals surface area contributed by atoms with Crippen molar-refractivity contribution in [3.8, 4) is 22.6 Å². The standard InChI is InChI=1S/C25H25N3O4S2/c1-6-33-25-28-27-24(34-25)26-21(29)11-14(2)17-12-18-19(16-9-7-8-10-20(16)30-4)13-32-23(18)15(3)22(17)31-5/h7-13H,6H2,1-5H3,(H,26,27,29)/b14-11+. The Kier molecular flexibility index (Phi) is 7.23. The molecule has 0 saturated carbocycles. The number of allylic oxidation sites excluding steroid dienone is 1. The highest BCUT2D eigenvalue weighted by Gasteiger charge is 2.20. The van der Waals surface area contributed by atoms with Crippen LogP contribution in [0, 0.1) is 6.92 Å². The van der Waals surface area contributed by atoms with Crippen molar-refractivity contribution in [1.82, 2.24) is 10.2 Å². The van der Waals surface area contributed by atoms with E-state index in [1.165, 1.54) is 11.3 Å². The topological polar surface area (TPSA) is 86.5 Å². The third-order valence-electron chi connectivity index (χ3n) is 5.32. The highest BCUT2D eigenvalue weighted by molar-refractivity contribution is 8.01. The number of ether oxygens (including phenoxy) is 2. The lowest BCUT2D eigenvalue weighted by Crippen LogP contribution is -2.08. The van der Waals surface area contributed by atoms with Crippen LogP contribution >= 0.6 is 23.1 Å². The average molecular weight is 496 g/mol. The molecule has 34 heavy (non-hydrogen) atoms. The van der Waals surface area contributed by atoms with E-state index in [0.717, 1.165) is 54.6 Å². The van der Waals surface area contributed by atoms with Crippen LogP contribution in [-0.4, -0.2) is 36.1 Å². The summed E-state index contributed by atoms with van der Waals surface area (Å²) in [6.07, 6.45) is 3.27. The van der Waals surface area contributed by atoms with Gasteiger partial charge in [-0.3, -0.25) is 10.1 Å². The number of benzene rings is 2. The lowest BCUT2D eigenvalue weighted by atomic mass is 9.96. The number of hydrogen-bond donors (Lipinski definition) is 1. The Morgan fingerprint density at radius 2 is 2.00 bits per heavy atom. The first kappa shape index (κ1) is 23.8. The number of aryl methyl sites for hydroxylation is 1. The smallest absolute Gasteiger partial charge is 0.250 e. The molecular formula is C25H25N3O4S2. The number of aromatic nitrogens is 2. The third-order valence-corrected chi connectivity index (χ3v) is 7.18. The monoisotopic (exact) mass is 495 g/mol. The number of furan rings is 1. The first-order valence-corrected chi connectivity index (χ1v) is 12.4. The second-order valence-electron chi connectivity index (χ2n) is 7.43. The van der Waals surface area contributed by atoms with E-state index < -0.39 is 0 Å². The number of nitrogens with one attached hydrogen (secondary N) is 1. The Hall–Kier alpha value is -3.30. The molecule has 4 rings (SSSR count). The molecule has 0 aliphatic carbocycles. The van der Waals surface area contributed by atoms with Crippen LogP contribution in [0.15, 0.2) is 51.4 Å². The summed E-state index contributed by atoms with van der Waals surface area (Å²) in [4.78, 5) is 12.7. The third kappa shape index (κ3) is 4.67. The molecule has 0 bridgehead atoms. The number of para-hydroxylation sites is 1. The number of hydrogen-bond acceptors (Lipinski definition) is 8. The normalized spacial score (nSPS) is 11.6. The highest BCUT2D eigenvalue weighted by Crippen LogP contribution is 2.42. The van der Waals surface area contributed by atoms with E-state index >= 15 is 0 Å². The van der Waals surface area contributed by atoms with E-state index in [9.17, 15) is 4.79 Å². The molecule has 0 saturated heterocycles. The minimum absolute atomic E-state index is 0.279. The van der Waals surface area contributed by atoms with Crippen LogP contribution in [0.25, 0.3) is 27.7 Å². The van der Waals surface area contributed by atoms with Gasteiger partial charge in [0.25, 0.3) is 0 Å². The number of carbonyl (C=O) groups excluding carboxylic acids is 1. The average Bonchev–Trinajstić information content (AvgIpc) is 3.46. The number of fused-ring (bicyclic) bond motifs is 1. The minimum atomic E-state index is -0.279. The second kappa shape index (κ2) is 10.3. The Labute approximate surface area is 206 Å². The molecule has 176 valence electrons. The summed E-state index contributed by atoms with van der Waals surface area (Å²) in [7, 11) is 3.26. The molecule has 2 heterocycles. The van der Waals surface area contributed by atoms with Crippen molar-refractivity contribution in [2.24, 2.45) is 0 Å². The predicted molar refractivity (Wildman–Crippen MR) is 138 cm³/mol. The van der Waals surface area contributed by atoms with Gasteiger partial charge in [-0.05, 0) is 37.3 Å². The van der Waals surface area contributed by atoms with Crippen molar-refractivity contribution < 1.29 is 18.7 Å². The molecule has 0 aliphatic heterocycles. The number of nitrogens with zero attached hydrogens (tertiary/aromatic N) is 2. The van der Waals surface area contributed by atoms with Crippen LogP contribution in [0.4, 0.5) is 5.13 Å². The van der Waals surface area contributed by atoms with Gasteiger partial charge in [0.05, 0.1) is 20.5 Å². The van der Waals surface area contributed by atoms with Gasteiger partial charge in [0.1, 0.15) is 17.1 Å². The summed E-state index contributed by atoms with van der Waals surface area (Å²) in [5, 5.41) is 12.3. The summed E-state index contributed by atoms with van der Waals surface area (Å²) in [6, 6.07) is 9.79. The lowest BCUT2D eigenvalue weighted by molar-refractivity contribution is -0.111. The van der Waals surface area contributed by atoms with Gasteiger partial charge in [0.15, 0.2) is 4.34 Å². The molecule has 0 aliphatic rings. The van der Waals surface area contributed by atoms with Gasteiger partial charge in [-0.2, -0.15) is 0 Å². The highest BCUT2D eigenvalue weighted by atomic mass is 32.2. The largest absolute Gasteiger partial charge is 0.496 e. The summed E-state index contributed by atoms with van der Waals surface area (Å²) in [5.74, 6) is 2.03. The summed E-state index contributed by atoms with van der Waals surface area (Å²) >= 11 is 2.94. The molecule has 1 amide bonds. The Balaban J connectivity index is 1.74. The number of rotatable bonds is 8. The van der Waals surface area contributed by atoms with Crippen molar-refractivity contribution in [1.29, 1.82) is 0 Å². The Morgan fingerprint density at radius 3 is 2.74 bits per heavy atom. The molecule has 0 radical (unpaired) electrons. The number of carbonyl (C=O) groups is 1. The van der Waals surface area contributed by atoms with Crippen LogP contribution in [0.1, 0.15) is 25.0 Å². The van der Waals surface area contributed by atoms with E-state index in [1.807, 2.05) is 51.1 Å². The maximum atomic E-state index is 12.7. The summed E-state index contributed by atoms with van der Waals surface area (Å²) in [5.41, 5.74) is 4.98. The quantitative estimate of drug-likeness (QED) is 0.171. The van der Waals surface area contributed by atoms with E-state index in [0.29, 0.717) is 10.9 Å². The van der Waals surface area contributed by atoms with Crippen molar-refractivity contribution in [3.05, 3.63) is 53.8 Å². The van der Waals surface area contributed by atoms with E-state index in [1.54, 1.807) is 38.3 Å². The maximum Gasteiger partial charge on any atom is 0.250 e. The van der Waals surface area contributed by atoms with Crippen molar-refractivity contribution in [2.45, 2.75) is 25.1 Å². The van der Waals surface area contributed by atoms with Gasteiger partial charge in [-0.25, -0.2) is 0 Å². The molecular weight excluding hydrogens is 470 g/mol. The number of anilines is 1. The van der Waals surface area contributed by atoms with Crippen molar-refractivity contribution >= 4 is 50.7 Å². The van der Waals surface area contributed by atoms with E-state index in [2.05, 4.69) is 15.5 Å². The van der Waals surface area contributed by atoms with Gasteiger partial charge in [0, 0.05) is 33.7 Å². The molecule has 0 spiro atoms. The van der Waals surface area contributed by atoms with Gasteiger partial charge >= 0.3 is 0 Å². The number of amides is 1. The zero-order valence-electron chi connectivity index (χ0n) is 19.6. The number of thioether (sulfide) groups is 1. The van der Waals surface area contributed by atoms with Crippen molar-refractivity contribution in [3.63, 3.8) is 0 Å². The fourth-order valence-corrected chi connectivity index (χ4v) is 5.46. The van der Waals surface area contributed by atoms with Crippen LogP contribution in [0.2, 0.25) is 0 Å². The van der Waals surface area contributed by atoms with Crippen LogP contribution in [-0.2, 0) is 4.79 Å². The predicted octanol–water partition coefficient (Wildman–Crippen LogP) is 6.43. The number of methoxy groups -OCH3 is 2. The van der Waals surface area contributed by atoms with Gasteiger partial charge in [-0.15, -0.1) is 10.2 Å². The molecule has 2 aromatic heterocycles. The molecule has 0 unspecified atom stereocenters. The van der Waals surface area contributed by atoms with Crippen LogP contribution in [0.3, 0.4) is 0 Å². The second-order valence-corrected chi connectivity index (χ2v) is 9.92. The van der Waals surface area contributed by atoms with Gasteiger partial charge < -0.3 is 13.9 Å². The zero-order valence-corrected chi connectivity index (χ0v) is 21.2.